The van der Waals surface area contributed by atoms with Crippen LogP contribution in [0.15, 0.2) is 29.0 Å². The molecule has 5 rings (SSSR count). The normalized spacial score (nSPS) is 26.3. The molecule has 0 N–H and O–H groups in total. The molecule has 3 aliphatic rings. The van der Waals surface area contributed by atoms with Crippen LogP contribution in [0.1, 0.15) is 92.8 Å². The second-order valence-electron chi connectivity index (χ2n) is 9.05. The van der Waals surface area contributed by atoms with Crippen molar-refractivity contribution in [3.8, 4) is 0 Å². The summed E-state index contributed by atoms with van der Waals surface area (Å²) in [6, 6.07) is 4.07. The number of pyridine rings is 1. The number of hydrogen-bond donors (Lipinski definition) is 0. The molecule has 0 unspecified atom stereocenters. The summed E-state index contributed by atoms with van der Waals surface area (Å²) in [7, 11) is 0. The Balaban J connectivity index is 1.39. The Bertz CT molecular complexity index is 824. The van der Waals surface area contributed by atoms with Crippen LogP contribution in [0.25, 0.3) is 0 Å². The maximum Gasteiger partial charge on any atom is 0.232 e. The van der Waals surface area contributed by atoms with E-state index in [1.165, 1.54) is 32.1 Å². The molecule has 1 saturated heterocycles. The predicted molar refractivity (Wildman–Crippen MR) is 108 cm³/mol. The lowest BCUT2D eigenvalue weighted by molar-refractivity contribution is -0.135. The van der Waals surface area contributed by atoms with Crippen molar-refractivity contribution < 1.29 is 9.32 Å². The maximum atomic E-state index is 13.2. The van der Waals surface area contributed by atoms with Crippen molar-refractivity contribution in [1.82, 2.24) is 20.0 Å². The van der Waals surface area contributed by atoms with Crippen molar-refractivity contribution in [3.63, 3.8) is 0 Å². The van der Waals surface area contributed by atoms with E-state index in [0.29, 0.717) is 30.8 Å². The van der Waals surface area contributed by atoms with Crippen LogP contribution >= 0.6 is 0 Å². The zero-order valence-corrected chi connectivity index (χ0v) is 17.0. The van der Waals surface area contributed by atoms with Crippen LogP contribution in [0.3, 0.4) is 0 Å². The van der Waals surface area contributed by atoms with Gasteiger partial charge in [0.1, 0.15) is 0 Å². The van der Waals surface area contributed by atoms with Crippen molar-refractivity contribution in [3.05, 3.63) is 41.8 Å². The second-order valence-corrected chi connectivity index (χ2v) is 9.05. The van der Waals surface area contributed by atoms with E-state index in [-0.39, 0.29) is 17.8 Å². The van der Waals surface area contributed by atoms with Crippen LogP contribution in [0.4, 0.5) is 0 Å². The molecule has 2 saturated carbocycles. The highest BCUT2D eigenvalue weighted by Crippen LogP contribution is 2.41. The number of hydrogen-bond acceptors (Lipinski definition) is 5. The van der Waals surface area contributed by atoms with Crippen molar-refractivity contribution in [2.45, 2.75) is 75.5 Å². The van der Waals surface area contributed by atoms with Gasteiger partial charge in [0.2, 0.25) is 11.8 Å². The Hall–Kier alpha value is -2.24. The predicted octanol–water partition coefficient (Wildman–Crippen LogP) is 4.41. The lowest BCUT2D eigenvalue weighted by atomic mass is 9.88. The van der Waals surface area contributed by atoms with Gasteiger partial charge in [0.05, 0.1) is 5.92 Å². The molecular formula is C23H30N4O2. The molecule has 3 fully saturated rings. The largest absolute Gasteiger partial charge is 0.341 e. The van der Waals surface area contributed by atoms with E-state index in [0.717, 1.165) is 37.1 Å². The Morgan fingerprint density at radius 1 is 1.00 bits per heavy atom. The summed E-state index contributed by atoms with van der Waals surface area (Å²) in [5, 5.41) is 4.33. The Labute approximate surface area is 172 Å². The first-order chi connectivity index (χ1) is 14.3. The third-order valence-electron chi connectivity index (χ3n) is 7.19. The van der Waals surface area contributed by atoms with E-state index in [9.17, 15) is 4.79 Å². The topological polar surface area (TPSA) is 72.1 Å². The zero-order chi connectivity index (χ0) is 19.6. The number of amides is 1. The van der Waals surface area contributed by atoms with Gasteiger partial charge in [-0.1, -0.05) is 43.3 Å². The van der Waals surface area contributed by atoms with Crippen LogP contribution in [0.5, 0.6) is 0 Å². The molecule has 2 aromatic heterocycles. The van der Waals surface area contributed by atoms with Crippen LogP contribution in [0, 0.1) is 5.92 Å². The summed E-state index contributed by atoms with van der Waals surface area (Å²) >= 11 is 0. The first kappa shape index (κ1) is 18.8. The summed E-state index contributed by atoms with van der Waals surface area (Å²) in [5.74, 6) is 2.71. The molecule has 154 valence electrons. The van der Waals surface area contributed by atoms with Crippen LogP contribution in [-0.2, 0) is 4.79 Å². The van der Waals surface area contributed by atoms with E-state index in [2.05, 4.69) is 21.1 Å². The lowest BCUT2D eigenvalue weighted by Gasteiger charge is -2.26. The molecule has 6 heteroatoms. The van der Waals surface area contributed by atoms with Gasteiger partial charge in [-0.15, -0.1) is 0 Å². The van der Waals surface area contributed by atoms with Crippen molar-refractivity contribution in [1.29, 1.82) is 0 Å². The smallest absolute Gasteiger partial charge is 0.232 e. The summed E-state index contributed by atoms with van der Waals surface area (Å²) in [6.45, 7) is 1.38. The molecular weight excluding hydrogens is 364 g/mol. The van der Waals surface area contributed by atoms with E-state index >= 15 is 0 Å². The average molecular weight is 395 g/mol. The molecule has 0 radical (unpaired) electrons. The molecule has 6 nitrogen and oxygen atoms in total. The van der Waals surface area contributed by atoms with Gasteiger partial charge < -0.3 is 9.42 Å². The lowest BCUT2D eigenvalue weighted by Crippen LogP contribution is -2.35. The molecule has 1 amide bonds. The number of carbonyl (C=O) groups excluding carboxylic acids is 1. The van der Waals surface area contributed by atoms with Gasteiger partial charge in [-0.2, -0.15) is 4.98 Å². The average Bonchev–Trinajstić information content (AvgIpc) is 3.54. The zero-order valence-electron chi connectivity index (χ0n) is 17.0. The fraction of sp³-hybridized carbons (Fsp3) is 0.652. The maximum absolute atomic E-state index is 13.2. The molecule has 2 atom stereocenters. The Kier molecular flexibility index (Phi) is 5.34. The molecule has 0 bridgehead atoms. The Morgan fingerprint density at radius 3 is 2.52 bits per heavy atom. The molecule has 0 spiro atoms. The van der Waals surface area contributed by atoms with Crippen LogP contribution in [-0.4, -0.2) is 39.0 Å². The standard InChI is InChI=1S/C23H30N4O2/c28-23(17-9-2-1-3-10-17)27-14-19(18-11-6-12-24-13-18)20(15-27)22-25-21(26-29-22)16-7-4-5-8-16/h6,11-13,16-17,19-20H,1-5,7-10,14-15H2/t19-,20+/m0/s1. The van der Waals surface area contributed by atoms with Gasteiger partial charge in [0.15, 0.2) is 5.82 Å². The van der Waals surface area contributed by atoms with Crippen molar-refractivity contribution in [2.75, 3.05) is 13.1 Å². The van der Waals surface area contributed by atoms with Crippen molar-refractivity contribution >= 4 is 5.91 Å². The quantitative estimate of drug-likeness (QED) is 0.768. The van der Waals surface area contributed by atoms with Gasteiger partial charge in [0, 0.05) is 43.2 Å². The first-order valence-electron chi connectivity index (χ1n) is 11.3. The van der Waals surface area contributed by atoms with Crippen LogP contribution < -0.4 is 0 Å². The fourth-order valence-electron chi connectivity index (χ4n) is 5.52. The molecule has 3 heterocycles. The number of rotatable bonds is 4. The third-order valence-corrected chi connectivity index (χ3v) is 7.19. The summed E-state index contributed by atoms with van der Waals surface area (Å²) < 4.78 is 5.77. The van der Waals surface area contributed by atoms with E-state index < -0.39 is 0 Å². The SMILES string of the molecule is O=C(C1CCCCC1)N1C[C@@H](c2cccnc2)[C@H](c2nc(C3CCCC3)no2)C1. The first-order valence-corrected chi connectivity index (χ1v) is 11.3. The fourth-order valence-corrected chi connectivity index (χ4v) is 5.52. The molecule has 2 aliphatic carbocycles. The molecule has 0 aromatic carbocycles. The minimum Gasteiger partial charge on any atom is -0.341 e. The van der Waals surface area contributed by atoms with Crippen LogP contribution in [0.2, 0.25) is 0 Å². The highest BCUT2D eigenvalue weighted by Gasteiger charge is 2.42. The minimum absolute atomic E-state index is 0.0504. The summed E-state index contributed by atoms with van der Waals surface area (Å²) in [4.78, 5) is 24.4. The van der Waals surface area contributed by atoms with Gasteiger partial charge in [-0.3, -0.25) is 9.78 Å². The van der Waals surface area contributed by atoms with Crippen molar-refractivity contribution in [2.24, 2.45) is 5.92 Å². The number of aromatic nitrogens is 3. The monoisotopic (exact) mass is 394 g/mol. The number of nitrogens with zero attached hydrogens (tertiary/aromatic N) is 4. The third kappa shape index (κ3) is 3.81. The minimum atomic E-state index is 0.0504. The highest BCUT2D eigenvalue weighted by atomic mass is 16.5. The van der Waals surface area contributed by atoms with Gasteiger partial charge >= 0.3 is 0 Å². The molecule has 29 heavy (non-hydrogen) atoms. The summed E-state index contributed by atoms with van der Waals surface area (Å²) in [6.07, 6.45) is 14.2. The molecule has 2 aromatic rings. The highest BCUT2D eigenvalue weighted by molar-refractivity contribution is 5.79. The number of likely N-dealkylation sites (tertiary alicyclic amines) is 1. The van der Waals surface area contributed by atoms with E-state index in [1.54, 1.807) is 6.20 Å². The van der Waals surface area contributed by atoms with Gasteiger partial charge in [-0.25, -0.2) is 0 Å². The number of carbonyl (C=O) groups is 1. The Morgan fingerprint density at radius 2 is 1.76 bits per heavy atom. The van der Waals surface area contributed by atoms with E-state index in [4.69, 9.17) is 9.51 Å². The molecule has 1 aliphatic heterocycles. The van der Waals surface area contributed by atoms with Gasteiger partial charge in [-0.05, 0) is 37.3 Å². The van der Waals surface area contributed by atoms with Gasteiger partial charge in [0.25, 0.3) is 0 Å². The second kappa shape index (κ2) is 8.25. The van der Waals surface area contributed by atoms with E-state index in [1.807, 2.05) is 12.3 Å². The summed E-state index contributed by atoms with van der Waals surface area (Å²) in [5.41, 5.74) is 1.15.